The van der Waals surface area contributed by atoms with Gasteiger partial charge in [0, 0.05) is 37.5 Å². The third kappa shape index (κ3) is 4.78. The number of carbonyl (C=O) groups excluding carboxylic acids is 1. The lowest BCUT2D eigenvalue weighted by Crippen LogP contribution is -2.13. The summed E-state index contributed by atoms with van der Waals surface area (Å²) in [5.41, 5.74) is 3.74. The molecule has 0 aliphatic heterocycles. The highest BCUT2D eigenvalue weighted by molar-refractivity contribution is 5.90. The molecule has 0 atom stereocenters. The third-order valence-electron chi connectivity index (χ3n) is 4.75. The molecule has 0 saturated carbocycles. The molecule has 4 rings (SSSR count). The molecule has 1 amide bonds. The van der Waals surface area contributed by atoms with Gasteiger partial charge in [0.05, 0.1) is 0 Å². The molecule has 2 N–H and O–H groups in total. The number of hydrogen-bond donors (Lipinski definition) is 2. The van der Waals surface area contributed by atoms with Gasteiger partial charge < -0.3 is 10.6 Å². The predicted octanol–water partition coefficient (Wildman–Crippen LogP) is 3.27. The second-order valence-corrected chi connectivity index (χ2v) is 6.92. The summed E-state index contributed by atoms with van der Waals surface area (Å²) in [6.07, 6.45) is 5.27. The predicted molar refractivity (Wildman–Crippen MR) is 115 cm³/mol. The number of amides is 1. The minimum Gasteiger partial charge on any atom is -0.364 e. The number of carbonyl (C=O) groups is 1. The van der Waals surface area contributed by atoms with Crippen LogP contribution in [0.4, 0.5) is 11.5 Å². The highest BCUT2D eigenvalue weighted by atomic mass is 16.1. The molecule has 0 aliphatic rings. The Balaban J connectivity index is 1.37. The van der Waals surface area contributed by atoms with Gasteiger partial charge >= 0.3 is 0 Å². The van der Waals surface area contributed by atoms with Crippen LogP contribution in [0.25, 0.3) is 5.65 Å². The number of hydrogen-bond acceptors (Lipinski definition) is 6. The van der Waals surface area contributed by atoms with Crippen molar-refractivity contribution < 1.29 is 4.79 Å². The number of fused-ring (bicyclic) bond motifs is 1. The Labute approximate surface area is 174 Å². The Hall–Kier alpha value is -3.81. The van der Waals surface area contributed by atoms with Crippen LogP contribution in [0.1, 0.15) is 30.3 Å². The summed E-state index contributed by atoms with van der Waals surface area (Å²) >= 11 is 0. The highest BCUT2D eigenvalue weighted by Gasteiger charge is 2.11. The monoisotopic (exact) mass is 401 g/mol. The Kier molecular flexibility index (Phi) is 5.93. The summed E-state index contributed by atoms with van der Waals surface area (Å²) in [4.78, 5) is 16.4. The molecule has 4 aromatic rings. The molecule has 0 spiro atoms. The summed E-state index contributed by atoms with van der Waals surface area (Å²) in [7, 11) is 0. The molecule has 0 fully saturated rings. The average Bonchev–Trinajstić information content (AvgIpc) is 3.20. The van der Waals surface area contributed by atoms with E-state index in [4.69, 9.17) is 0 Å². The van der Waals surface area contributed by atoms with E-state index in [0.717, 1.165) is 17.7 Å². The maximum atomic E-state index is 12.3. The molecule has 3 heterocycles. The maximum absolute atomic E-state index is 12.3. The number of nitrogens with zero attached hydrogens (tertiary/aromatic N) is 5. The number of benzene rings is 1. The van der Waals surface area contributed by atoms with Gasteiger partial charge in [0.2, 0.25) is 5.91 Å². The molecule has 1 aromatic carbocycles. The van der Waals surface area contributed by atoms with Gasteiger partial charge in [-0.05, 0) is 47.9 Å². The summed E-state index contributed by atoms with van der Waals surface area (Å²) in [6.45, 7) is 2.72. The fourth-order valence-corrected chi connectivity index (χ4v) is 3.05. The minimum absolute atomic E-state index is 0.0677. The summed E-state index contributed by atoms with van der Waals surface area (Å²) in [5, 5.41) is 19.1. The third-order valence-corrected chi connectivity index (χ3v) is 4.75. The SMILES string of the molecule is CCc1ccc(NC(=O)CCc2nnc3ccc(NCc4cccnc4)nn23)cc1. The number of pyridine rings is 1. The molecule has 8 nitrogen and oxygen atoms in total. The first-order chi connectivity index (χ1) is 14.7. The van der Waals surface area contributed by atoms with Crippen LogP contribution in [-0.4, -0.2) is 30.7 Å². The number of aromatic nitrogens is 5. The zero-order valence-corrected chi connectivity index (χ0v) is 16.7. The van der Waals surface area contributed by atoms with Gasteiger partial charge in [-0.1, -0.05) is 25.1 Å². The first kappa shape index (κ1) is 19.5. The van der Waals surface area contributed by atoms with Gasteiger partial charge in [-0.15, -0.1) is 15.3 Å². The van der Waals surface area contributed by atoms with Gasteiger partial charge in [0.25, 0.3) is 0 Å². The Bertz CT molecular complexity index is 1120. The van der Waals surface area contributed by atoms with Crippen molar-refractivity contribution in [3.05, 3.63) is 77.9 Å². The molecular formula is C22H23N7O. The van der Waals surface area contributed by atoms with E-state index in [9.17, 15) is 4.79 Å². The van der Waals surface area contributed by atoms with Crippen LogP contribution < -0.4 is 10.6 Å². The molecule has 8 heteroatoms. The van der Waals surface area contributed by atoms with Crippen LogP contribution in [0.15, 0.2) is 60.9 Å². The zero-order valence-electron chi connectivity index (χ0n) is 16.7. The first-order valence-electron chi connectivity index (χ1n) is 9.94. The molecule has 0 radical (unpaired) electrons. The minimum atomic E-state index is -0.0677. The number of nitrogens with one attached hydrogen (secondary N) is 2. The summed E-state index contributed by atoms with van der Waals surface area (Å²) < 4.78 is 1.68. The largest absolute Gasteiger partial charge is 0.364 e. The maximum Gasteiger partial charge on any atom is 0.224 e. The van der Waals surface area contributed by atoms with E-state index in [1.54, 1.807) is 10.7 Å². The van der Waals surface area contributed by atoms with Gasteiger partial charge in [-0.3, -0.25) is 9.78 Å². The molecule has 0 bridgehead atoms. The molecule has 0 unspecified atom stereocenters. The topological polar surface area (TPSA) is 97.1 Å². The van der Waals surface area contributed by atoms with Crippen LogP contribution in [0.3, 0.4) is 0 Å². The molecule has 30 heavy (non-hydrogen) atoms. The van der Waals surface area contributed by atoms with E-state index in [1.807, 2.05) is 54.7 Å². The molecular weight excluding hydrogens is 378 g/mol. The molecule has 0 aliphatic carbocycles. The van der Waals surface area contributed by atoms with Crippen molar-refractivity contribution in [1.29, 1.82) is 0 Å². The number of rotatable bonds is 8. The average molecular weight is 401 g/mol. The fourth-order valence-electron chi connectivity index (χ4n) is 3.05. The van der Waals surface area contributed by atoms with Crippen LogP contribution >= 0.6 is 0 Å². The Morgan fingerprint density at radius 3 is 2.67 bits per heavy atom. The van der Waals surface area contributed by atoms with E-state index < -0.39 is 0 Å². The van der Waals surface area contributed by atoms with Gasteiger partial charge in [-0.2, -0.15) is 4.52 Å². The van der Waals surface area contributed by atoms with Gasteiger partial charge in [0.1, 0.15) is 5.82 Å². The normalized spacial score (nSPS) is 10.8. The second kappa shape index (κ2) is 9.13. The quantitative estimate of drug-likeness (QED) is 0.470. The van der Waals surface area contributed by atoms with E-state index in [2.05, 4.69) is 37.8 Å². The molecule has 0 saturated heterocycles. The fraction of sp³-hybridized carbons (Fsp3) is 0.227. The van der Waals surface area contributed by atoms with Crippen LogP contribution in [0, 0.1) is 0 Å². The van der Waals surface area contributed by atoms with Crippen molar-refractivity contribution in [2.45, 2.75) is 32.7 Å². The van der Waals surface area contributed by atoms with E-state index >= 15 is 0 Å². The summed E-state index contributed by atoms with van der Waals surface area (Å²) in [6, 6.07) is 15.5. The molecule has 3 aromatic heterocycles. The first-order valence-corrected chi connectivity index (χ1v) is 9.94. The smallest absolute Gasteiger partial charge is 0.224 e. The summed E-state index contributed by atoms with van der Waals surface area (Å²) in [5.74, 6) is 1.28. The lowest BCUT2D eigenvalue weighted by molar-refractivity contribution is -0.116. The Morgan fingerprint density at radius 1 is 1.03 bits per heavy atom. The van der Waals surface area contributed by atoms with Crippen molar-refractivity contribution in [1.82, 2.24) is 24.8 Å². The van der Waals surface area contributed by atoms with Crippen molar-refractivity contribution >= 4 is 23.1 Å². The Morgan fingerprint density at radius 2 is 1.90 bits per heavy atom. The van der Waals surface area contributed by atoms with Crippen LogP contribution in [-0.2, 0) is 24.2 Å². The lowest BCUT2D eigenvalue weighted by atomic mass is 10.1. The second-order valence-electron chi connectivity index (χ2n) is 6.92. The number of aryl methyl sites for hydroxylation is 2. The lowest BCUT2D eigenvalue weighted by Gasteiger charge is -2.07. The van der Waals surface area contributed by atoms with Crippen LogP contribution in [0.5, 0.6) is 0 Å². The van der Waals surface area contributed by atoms with E-state index in [-0.39, 0.29) is 5.91 Å². The number of anilines is 2. The molecule has 152 valence electrons. The zero-order chi connectivity index (χ0) is 20.8. The van der Waals surface area contributed by atoms with Crippen molar-refractivity contribution in [3.63, 3.8) is 0 Å². The van der Waals surface area contributed by atoms with E-state index in [0.29, 0.717) is 36.7 Å². The van der Waals surface area contributed by atoms with Crippen molar-refractivity contribution in [2.24, 2.45) is 0 Å². The van der Waals surface area contributed by atoms with E-state index in [1.165, 1.54) is 5.56 Å². The van der Waals surface area contributed by atoms with Crippen molar-refractivity contribution in [2.75, 3.05) is 10.6 Å². The van der Waals surface area contributed by atoms with Crippen molar-refractivity contribution in [3.8, 4) is 0 Å². The van der Waals surface area contributed by atoms with Gasteiger partial charge in [0.15, 0.2) is 11.5 Å². The van der Waals surface area contributed by atoms with Gasteiger partial charge in [-0.25, -0.2) is 0 Å². The highest BCUT2D eigenvalue weighted by Crippen LogP contribution is 2.12. The van der Waals surface area contributed by atoms with Crippen LogP contribution in [0.2, 0.25) is 0 Å². The standard InChI is InChI=1S/C22H23N7O/c1-2-16-5-7-18(8-6-16)25-22(30)12-11-21-27-26-20-10-9-19(28-29(20)21)24-15-17-4-3-13-23-14-17/h3-10,13-14H,2,11-12,15H2,1H3,(H,24,28)(H,25,30).